The van der Waals surface area contributed by atoms with Crippen LogP contribution in [0.3, 0.4) is 0 Å². The van der Waals surface area contributed by atoms with Crippen molar-refractivity contribution < 1.29 is 9.84 Å². The second kappa shape index (κ2) is 7.62. The highest BCUT2D eigenvalue weighted by Gasteiger charge is 2.24. The lowest BCUT2D eigenvalue weighted by molar-refractivity contribution is 0.199. The second-order valence-electron chi connectivity index (χ2n) is 5.46. The van der Waals surface area contributed by atoms with Gasteiger partial charge in [-0.05, 0) is 37.0 Å². The van der Waals surface area contributed by atoms with Crippen LogP contribution in [0.4, 0.5) is 5.69 Å². The zero-order valence-corrected chi connectivity index (χ0v) is 12.6. The number of aliphatic hydroxyl groups excluding tert-OH is 1. The summed E-state index contributed by atoms with van der Waals surface area (Å²) in [5.74, 6) is 0. The number of benzene rings is 1. The van der Waals surface area contributed by atoms with E-state index in [9.17, 15) is 5.11 Å². The van der Waals surface area contributed by atoms with Gasteiger partial charge in [-0.1, -0.05) is 12.1 Å². The lowest BCUT2D eigenvalue weighted by Crippen LogP contribution is -2.32. The summed E-state index contributed by atoms with van der Waals surface area (Å²) in [7, 11) is 1.72. The molecule has 1 aromatic carbocycles. The van der Waals surface area contributed by atoms with Gasteiger partial charge in [-0.2, -0.15) is 0 Å². The quantitative estimate of drug-likeness (QED) is 0.745. The predicted molar refractivity (Wildman–Crippen MR) is 82.2 cm³/mol. The zero-order chi connectivity index (χ0) is 14.4. The monoisotopic (exact) mass is 278 g/mol. The Balaban J connectivity index is 1.98. The smallest absolute Gasteiger partial charge is 0.0635 e. The van der Waals surface area contributed by atoms with Gasteiger partial charge >= 0.3 is 0 Å². The fraction of sp³-hybridized carbons (Fsp3) is 0.625. The summed E-state index contributed by atoms with van der Waals surface area (Å²) in [6.45, 7) is 5.94. The first-order valence-corrected chi connectivity index (χ1v) is 7.43. The average molecular weight is 278 g/mol. The Morgan fingerprint density at radius 2 is 2.30 bits per heavy atom. The van der Waals surface area contributed by atoms with Gasteiger partial charge < -0.3 is 20.1 Å². The molecule has 1 fully saturated rings. The van der Waals surface area contributed by atoms with Crippen LogP contribution in [-0.4, -0.2) is 44.6 Å². The first-order chi connectivity index (χ1) is 9.76. The molecule has 1 saturated heterocycles. The Labute approximate surface area is 121 Å². The molecule has 0 amide bonds. The average Bonchev–Trinajstić information content (AvgIpc) is 2.92. The van der Waals surface area contributed by atoms with E-state index in [1.54, 1.807) is 7.11 Å². The fourth-order valence-electron chi connectivity index (χ4n) is 2.90. The third-order valence-corrected chi connectivity index (χ3v) is 3.97. The second-order valence-corrected chi connectivity index (χ2v) is 5.46. The van der Waals surface area contributed by atoms with Crippen LogP contribution in [0.5, 0.6) is 0 Å². The Morgan fingerprint density at radius 1 is 1.45 bits per heavy atom. The van der Waals surface area contributed by atoms with Crippen molar-refractivity contribution in [1.82, 2.24) is 5.32 Å². The molecule has 1 heterocycles. The number of nitrogens with one attached hydrogen (secondary N) is 1. The molecule has 2 N–H and O–H groups in total. The Bertz CT molecular complexity index is 423. The van der Waals surface area contributed by atoms with E-state index in [4.69, 9.17) is 4.74 Å². The molecule has 1 aliphatic rings. The summed E-state index contributed by atoms with van der Waals surface area (Å²) >= 11 is 0. The molecule has 1 aliphatic heterocycles. The molecule has 4 nitrogen and oxygen atoms in total. The third-order valence-electron chi connectivity index (χ3n) is 3.97. The van der Waals surface area contributed by atoms with Gasteiger partial charge in [-0.15, -0.1) is 0 Å². The summed E-state index contributed by atoms with van der Waals surface area (Å²) in [5.41, 5.74) is 3.85. The van der Waals surface area contributed by atoms with Crippen molar-refractivity contribution >= 4 is 5.69 Å². The van der Waals surface area contributed by atoms with Crippen LogP contribution >= 0.6 is 0 Å². The number of aryl methyl sites for hydroxylation is 1. The van der Waals surface area contributed by atoms with Crippen LogP contribution in [0.15, 0.2) is 18.2 Å². The summed E-state index contributed by atoms with van der Waals surface area (Å²) in [5, 5.41) is 12.8. The topological polar surface area (TPSA) is 44.7 Å². The lowest BCUT2D eigenvalue weighted by Gasteiger charge is -2.27. The molecule has 4 heteroatoms. The number of ether oxygens (including phenoxy) is 1. The molecule has 0 aromatic heterocycles. The van der Waals surface area contributed by atoms with E-state index < -0.39 is 0 Å². The van der Waals surface area contributed by atoms with E-state index in [0.29, 0.717) is 6.04 Å². The molecule has 0 bridgehead atoms. The minimum atomic E-state index is 0.250. The van der Waals surface area contributed by atoms with Crippen molar-refractivity contribution in [1.29, 1.82) is 0 Å². The minimum Gasteiger partial charge on any atom is -0.394 e. The van der Waals surface area contributed by atoms with Crippen molar-refractivity contribution in [3.05, 3.63) is 29.3 Å². The number of aliphatic hydroxyl groups is 1. The van der Waals surface area contributed by atoms with Crippen LogP contribution < -0.4 is 10.2 Å². The van der Waals surface area contributed by atoms with Crippen molar-refractivity contribution in [2.75, 3.05) is 38.3 Å². The van der Waals surface area contributed by atoms with E-state index in [0.717, 1.165) is 32.7 Å². The van der Waals surface area contributed by atoms with Gasteiger partial charge in [0.05, 0.1) is 19.3 Å². The number of nitrogens with zero attached hydrogens (tertiary/aromatic N) is 1. The lowest BCUT2D eigenvalue weighted by atomic mass is 10.1. The van der Waals surface area contributed by atoms with Crippen molar-refractivity contribution in [2.24, 2.45) is 0 Å². The summed E-state index contributed by atoms with van der Waals surface area (Å²) in [6, 6.07) is 6.90. The Kier molecular flexibility index (Phi) is 5.83. The molecular weight excluding hydrogens is 252 g/mol. The summed E-state index contributed by atoms with van der Waals surface area (Å²) in [6.07, 6.45) is 2.27. The van der Waals surface area contributed by atoms with E-state index in [1.165, 1.54) is 23.2 Å². The number of hydrogen-bond donors (Lipinski definition) is 2. The van der Waals surface area contributed by atoms with Gasteiger partial charge in [0, 0.05) is 32.4 Å². The maximum absolute atomic E-state index is 9.45. The van der Waals surface area contributed by atoms with E-state index in [-0.39, 0.29) is 6.61 Å². The molecular formula is C16H26N2O2. The van der Waals surface area contributed by atoms with Crippen molar-refractivity contribution in [2.45, 2.75) is 32.4 Å². The first kappa shape index (κ1) is 15.3. The molecule has 1 aromatic rings. The maximum atomic E-state index is 9.45. The molecule has 112 valence electrons. The molecule has 0 saturated carbocycles. The molecule has 1 unspecified atom stereocenters. The first-order valence-electron chi connectivity index (χ1n) is 7.43. The molecule has 0 radical (unpaired) electrons. The molecule has 2 rings (SSSR count). The Morgan fingerprint density at radius 3 is 3.00 bits per heavy atom. The predicted octanol–water partition coefficient (Wildman–Crippen LogP) is 1.69. The number of rotatable bonds is 7. The van der Waals surface area contributed by atoms with Crippen molar-refractivity contribution in [3.8, 4) is 0 Å². The van der Waals surface area contributed by atoms with Crippen LogP contribution in [0, 0.1) is 6.92 Å². The number of anilines is 1. The highest BCUT2D eigenvalue weighted by atomic mass is 16.5. The van der Waals surface area contributed by atoms with E-state index >= 15 is 0 Å². The SMILES string of the molecule is COCCNCc1ccc(N2CCCC2CO)c(C)c1. The van der Waals surface area contributed by atoms with Gasteiger partial charge in [0.25, 0.3) is 0 Å². The molecule has 20 heavy (non-hydrogen) atoms. The zero-order valence-electron chi connectivity index (χ0n) is 12.6. The van der Waals surface area contributed by atoms with Crippen molar-refractivity contribution in [3.63, 3.8) is 0 Å². The summed E-state index contributed by atoms with van der Waals surface area (Å²) in [4.78, 5) is 2.34. The molecule has 0 aliphatic carbocycles. The fourth-order valence-corrected chi connectivity index (χ4v) is 2.90. The van der Waals surface area contributed by atoms with Gasteiger partial charge in [-0.3, -0.25) is 0 Å². The van der Waals surface area contributed by atoms with Gasteiger partial charge in [0.2, 0.25) is 0 Å². The largest absolute Gasteiger partial charge is 0.394 e. The normalized spacial score (nSPS) is 18.8. The van der Waals surface area contributed by atoms with Crippen LogP contribution in [0.25, 0.3) is 0 Å². The number of hydrogen-bond acceptors (Lipinski definition) is 4. The van der Waals surface area contributed by atoms with Crippen LogP contribution in [0.1, 0.15) is 24.0 Å². The number of methoxy groups -OCH3 is 1. The highest BCUT2D eigenvalue weighted by molar-refractivity contribution is 5.56. The van der Waals surface area contributed by atoms with Crippen LogP contribution in [0.2, 0.25) is 0 Å². The molecule has 1 atom stereocenters. The summed E-state index contributed by atoms with van der Waals surface area (Å²) < 4.78 is 5.02. The minimum absolute atomic E-state index is 0.250. The van der Waals surface area contributed by atoms with Crippen LogP contribution in [-0.2, 0) is 11.3 Å². The van der Waals surface area contributed by atoms with E-state index in [1.807, 2.05) is 0 Å². The van der Waals surface area contributed by atoms with Gasteiger partial charge in [0.15, 0.2) is 0 Å². The maximum Gasteiger partial charge on any atom is 0.0635 e. The molecule has 0 spiro atoms. The van der Waals surface area contributed by atoms with Gasteiger partial charge in [-0.25, -0.2) is 0 Å². The highest BCUT2D eigenvalue weighted by Crippen LogP contribution is 2.28. The third kappa shape index (κ3) is 3.72. The van der Waals surface area contributed by atoms with Gasteiger partial charge in [0.1, 0.15) is 0 Å². The van der Waals surface area contributed by atoms with E-state index in [2.05, 4.69) is 35.3 Å². The Hall–Kier alpha value is -1.10. The standard InChI is InChI=1S/C16H26N2O2/c1-13-10-14(11-17-7-9-20-2)5-6-16(13)18-8-3-4-15(18)12-19/h5-6,10,15,17,19H,3-4,7-9,11-12H2,1-2H3.